The van der Waals surface area contributed by atoms with Crippen LogP contribution in [0, 0.1) is 5.92 Å². The Labute approximate surface area is 632 Å². The van der Waals surface area contributed by atoms with Crippen molar-refractivity contribution in [1.29, 1.82) is 0 Å². The summed E-state index contributed by atoms with van der Waals surface area (Å²) in [5.74, 6) is -1.30. The summed E-state index contributed by atoms with van der Waals surface area (Å²) in [4.78, 5) is 73.1. The summed E-state index contributed by atoms with van der Waals surface area (Å²) in [6, 6.07) is 0. The normalized spacial score (nSPS) is 14.1. The number of carbonyl (C=O) groups is 4. The van der Waals surface area contributed by atoms with Crippen molar-refractivity contribution in [3.8, 4) is 0 Å². The third-order valence-corrected chi connectivity index (χ3v) is 22.0. The van der Waals surface area contributed by atoms with Crippen molar-refractivity contribution in [2.45, 2.75) is 470 Å². The van der Waals surface area contributed by atoms with Crippen molar-refractivity contribution in [3.63, 3.8) is 0 Å². The summed E-state index contributed by atoms with van der Waals surface area (Å²) in [6.45, 7) is 7.36. The van der Waals surface area contributed by atoms with Crippen LogP contribution in [0.3, 0.4) is 0 Å². The topological polar surface area (TPSA) is 237 Å². The molecule has 0 radical (unpaired) electrons. The maximum atomic E-state index is 13.1. The monoisotopic (exact) mass is 1510 g/mol. The van der Waals surface area contributed by atoms with Crippen LogP contribution in [0.5, 0.6) is 0 Å². The lowest BCUT2D eigenvalue weighted by Gasteiger charge is -2.21. The summed E-state index contributed by atoms with van der Waals surface area (Å²) in [5, 5.41) is 10.7. The fraction of sp³-hybridized carbons (Fsp3) is 0.952. The molecular formula is C84H164O17P2. The molecule has 0 saturated heterocycles. The molecule has 612 valence electrons. The number of esters is 4. The van der Waals surface area contributed by atoms with E-state index in [1.165, 1.54) is 276 Å². The van der Waals surface area contributed by atoms with E-state index in [1.807, 2.05) is 0 Å². The van der Waals surface area contributed by atoms with Gasteiger partial charge in [0.15, 0.2) is 12.2 Å². The summed E-state index contributed by atoms with van der Waals surface area (Å²) in [5.41, 5.74) is 0. The average Bonchev–Trinajstić information content (AvgIpc) is 0.923. The predicted octanol–water partition coefficient (Wildman–Crippen LogP) is 25.6. The first-order chi connectivity index (χ1) is 50.1. The second kappa shape index (κ2) is 76.8. The van der Waals surface area contributed by atoms with Gasteiger partial charge in [-0.1, -0.05) is 401 Å². The van der Waals surface area contributed by atoms with Gasteiger partial charge >= 0.3 is 39.5 Å². The molecule has 19 heteroatoms. The smallest absolute Gasteiger partial charge is 0.462 e. The maximum Gasteiger partial charge on any atom is 0.472 e. The van der Waals surface area contributed by atoms with Crippen molar-refractivity contribution < 1.29 is 80.2 Å². The van der Waals surface area contributed by atoms with E-state index in [-0.39, 0.29) is 25.7 Å². The van der Waals surface area contributed by atoms with E-state index in [1.54, 1.807) is 0 Å². The maximum absolute atomic E-state index is 13.1. The molecule has 0 fully saturated rings. The highest BCUT2D eigenvalue weighted by atomic mass is 31.2. The third kappa shape index (κ3) is 76.6. The van der Waals surface area contributed by atoms with E-state index in [9.17, 15) is 43.2 Å². The highest BCUT2D eigenvalue weighted by Crippen LogP contribution is 2.45. The Kier molecular flexibility index (Phi) is 75.4. The van der Waals surface area contributed by atoms with Crippen molar-refractivity contribution in [2.75, 3.05) is 39.6 Å². The number of aliphatic hydroxyl groups excluding tert-OH is 1. The predicted molar refractivity (Wildman–Crippen MR) is 423 cm³/mol. The van der Waals surface area contributed by atoms with Gasteiger partial charge in [-0.3, -0.25) is 37.3 Å². The molecule has 0 aromatic rings. The molecule has 0 aliphatic carbocycles. The number of carbonyl (C=O) groups excluding carboxylic acids is 4. The molecule has 0 spiro atoms. The number of aliphatic hydroxyl groups is 1. The summed E-state index contributed by atoms with van der Waals surface area (Å²) in [7, 11) is -9.92. The first-order valence-corrected chi connectivity index (χ1v) is 46.7. The second-order valence-corrected chi connectivity index (χ2v) is 33.4. The van der Waals surface area contributed by atoms with Gasteiger partial charge in [-0.25, -0.2) is 9.13 Å². The van der Waals surface area contributed by atoms with Gasteiger partial charge in [-0.2, -0.15) is 0 Å². The molecule has 3 N–H and O–H groups in total. The number of hydrogen-bond donors (Lipinski definition) is 3. The van der Waals surface area contributed by atoms with E-state index in [4.69, 9.17) is 37.0 Å². The number of phosphoric ester groups is 2. The molecule has 0 saturated carbocycles. The van der Waals surface area contributed by atoms with E-state index >= 15 is 0 Å². The van der Waals surface area contributed by atoms with Gasteiger partial charge < -0.3 is 33.8 Å². The fourth-order valence-electron chi connectivity index (χ4n) is 13.1. The summed E-state index contributed by atoms with van der Waals surface area (Å²) in [6.07, 6.45) is 69.4. The lowest BCUT2D eigenvalue weighted by atomic mass is 9.99. The zero-order valence-electron chi connectivity index (χ0n) is 67.5. The molecule has 17 nitrogen and oxygen atoms in total. The van der Waals surface area contributed by atoms with Crippen molar-refractivity contribution >= 4 is 39.5 Å². The molecule has 0 aliphatic rings. The summed E-state index contributed by atoms with van der Waals surface area (Å²) < 4.78 is 68.8. The fourth-order valence-corrected chi connectivity index (χ4v) is 14.7. The van der Waals surface area contributed by atoms with Gasteiger partial charge in [-0.15, -0.1) is 0 Å². The largest absolute Gasteiger partial charge is 0.472 e. The second-order valence-electron chi connectivity index (χ2n) is 30.5. The molecule has 103 heavy (non-hydrogen) atoms. The molecule has 0 heterocycles. The summed E-state index contributed by atoms with van der Waals surface area (Å²) >= 11 is 0. The molecule has 0 aliphatic heterocycles. The van der Waals surface area contributed by atoms with Crippen LogP contribution in [0.15, 0.2) is 0 Å². The van der Waals surface area contributed by atoms with Gasteiger partial charge in [0.1, 0.15) is 19.3 Å². The number of ether oxygens (including phenoxy) is 4. The van der Waals surface area contributed by atoms with Crippen LogP contribution in [-0.4, -0.2) is 96.7 Å². The first-order valence-electron chi connectivity index (χ1n) is 43.7. The minimum absolute atomic E-state index is 0.107. The Morgan fingerprint density at radius 1 is 0.272 bits per heavy atom. The minimum Gasteiger partial charge on any atom is -0.462 e. The highest BCUT2D eigenvalue weighted by Gasteiger charge is 2.30. The molecule has 6 atom stereocenters. The van der Waals surface area contributed by atoms with Gasteiger partial charge in [0.25, 0.3) is 0 Å². The van der Waals surface area contributed by atoms with Gasteiger partial charge in [-0.05, 0) is 31.6 Å². The Bertz CT molecular complexity index is 1960. The molecule has 0 aromatic carbocycles. The Balaban J connectivity index is 5.22. The van der Waals surface area contributed by atoms with Crippen LogP contribution in [0.4, 0.5) is 0 Å². The highest BCUT2D eigenvalue weighted by molar-refractivity contribution is 7.47. The van der Waals surface area contributed by atoms with Crippen LogP contribution in [0.2, 0.25) is 0 Å². The van der Waals surface area contributed by atoms with Crippen molar-refractivity contribution in [3.05, 3.63) is 0 Å². The molecular weight excluding hydrogens is 1340 g/mol. The van der Waals surface area contributed by atoms with Crippen molar-refractivity contribution in [2.24, 2.45) is 5.92 Å². The number of hydrogen-bond acceptors (Lipinski definition) is 15. The first kappa shape index (κ1) is 101. The van der Waals surface area contributed by atoms with Crippen molar-refractivity contribution in [1.82, 2.24) is 0 Å². The zero-order chi connectivity index (χ0) is 75.5. The van der Waals surface area contributed by atoms with Gasteiger partial charge in [0.05, 0.1) is 26.4 Å². The third-order valence-electron chi connectivity index (χ3n) is 20.1. The minimum atomic E-state index is -4.96. The number of rotatable bonds is 84. The molecule has 0 amide bonds. The standard InChI is InChI=1S/C84H164O17P2/c1-6-10-13-16-19-22-25-27-29-31-33-35-37-39-41-43-49-54-59-64-69-83(88)100-80(74-95-82(87)68-63-58-53-48-42-40-38-36-34-32-30-28-26-23-20-17-14-11-7-2)76-99-103(92,93)97-72-78(85)71-96-102(90,91)98-75-79(73-94-81(86)67-62-57-52-47-24-21-18-15-12-8-3)101-84(89)70-65-60-55-50-45-44-46-51-56-61-66-77(5)9-4/h77-80,85H,6-76H2,1-5H3,(H,90,91)(H,92,93)/t77?,78-,79+,80+/m0/s1. The Morgan fingerprint density at radius 3 is 0.689 bits per heavy atom. The van der Waals surface area contributed by atoms with Crippen LogP contribution in [0.25, 0.3) is 0 Å². The number of unbranched alkanes of at least 4 members (excludes halogenated alkanes) is 55. The SMILES string of the molecule is CCCCCCCCCCCCCCCCCCCCCCC(=O)O[C@H](COC(=O)CCCCCCCCCCCCCCCCCCCCC)COP(=O)(O)OC[C@@H](O)COP(=O)(O)OC[C@@H](COC(=O)CCCCCCCCCCCC)OC(=O)CCCCCCCCCCCCC(C)CC. The van der Waals surface area contributed by atoms with E-state index in [0.29, 0.717) is 25.7 Å². The average molecular weight is 1510 g/mol. The number of phosphoric acid groups is 2. The van der Waals surface area contributed by atoms with Gasteiger partial charge in [0, 0.05) is 25.7 Å². The van der Waals surface area contributed by atoms with E-state index in [0.717, 1.165) is 95.8 Å². The van der Waals surface area contributed by atoms with Gasteiger partial charge in [0.2, 0.25) is 0 Å². The van der Waals surface area contributed by atoms with Crippen LogP contribution >= 0.6 is 15.6 Å². The molecule has 0 bridgehead atoms. The van der Waals surface area contributed by atoms with Crippen LogP contribution in [-0.2, 0) is 65.4 Å². The Hall–Kier alpha value is -1.94. The lowest BCUT2D eigenvalue weighted by molar-refractivity contribution is -0.161. The quantitative estimate of drug-likeness (QED) is 0.0222. The molecule has 0 aromatic heterocycles. The molecule has 3 unspecified atom stereocenters. The lowest BCUT2D eigenvalue weighted by Crippen LogP contribution is -2.30. The van der Waals surface area contributed by atoms with Crippen LogP contribution in [0.1, 0.15) is 452 Å². The Morgan fingerprint density at radius 2 is 0.466 bits per heavy atom. The molecule has 0 rings (SSSR count). The van der Waals surface area contributed by atoms with E-state index < -0.39 is 97.5 Å². The van der Waals surface area contributed by atoms with Crippen LogP contribution < -0.4 is 0 Å². The zero-order valence-corrected chi connectivity index (χ0v) is 69.3. The van der Waals surface area contributed by atoms with E-state index in [2.05, 4.69) is 34.6 Å².